The molecule has 1 aromatic carbocycles. The van der Waals surface area contributed by atoms with E-state index >= 15 is 0 Å². The van der Waals surface area contributed by atoms with Crippen molar-refractivity contribution in [2.24, 2.45) is 0 Å². The molecule has 0 unspecified atom stereocenters. The molecule has 0 bridgehead atoms. The number of aryl methyl sites for hydroxylation is 1. The molecule has 3 aromatic heterocycles. The number of aromatic nitrogens is 3. The lowest BCUT2D eigenvalue weighted by molar-refractivity contribution is 0.0950. The van der Waals surface area contributed by atoms with Gasteiger partial charge in [0.1, 0.15) is 5.56 Å². The number of carbonyl (C=O) groups excluding carboxylic acids is 1. The third-order valence-corrected chi connectivity index (χ3v) is 4.90. The highest BCUT2D eigenvalue weighted by atomic mass is 32.1. The van der Waals surface area contributed by atoms with Gasteiger partial charge in [0.2, 0.25) is 0 Å². The monoisotopic (exact) mass is 352 g/mol. The van der Waals surface area contributed by atoms with Gasteiger partial charge >= 0.3 is 0 Å². The molecule has 126 valence electrons. The van der Waals surface area contributed by atoms with Gasteiger partial charge in [-0.25, -0.2) is 4.98 Å². The van der Waals surface area contributed by atoms with Gasteiger partial charge in [-0.2, -0.15) is 0 Å². The van der Waals surface area contributed by atoms with Gasteiger partial charge in [-0.05, 0) is 23.9 Å². The summed E-state index contributed by atoms with van der Waals surface area (Å²) in [6, 6.07) is 10.3. The van der Waals surface area contributed by atoms with E-state index in [4.69, 9.17) is 0 Å². The second-order valence-corrected chi connectivity index (χ2v) is 6.58. The Kier molecular flexibility index (Phi) is 4.07. The number of rotatable bonds is 5. The lowest BCUT2D eigenvalue weighted by Gasteiger charge is -2.07. The summed E-state index contributed by atoms with van der Waals surface area (Å²) in [5.41, 5.74) is 0.918. The van der Waals surface area contributed by atoms with Crippen molar-refractivity contribution >= 4 is 33.1 Å². The molecule has 7 heteroatoms. The zero-order valence-corrected chi connectivity index (χ0v) is 14.2. The molecule has 0 atom stereocenters. The van der Waals surface area contributed by atoms with Crippen molar-refractivity contribution in [1.29, 1.82) is 0 Å². The van der Waals surface area contributed by atoms with Crippen LogP contribution in [0.4, 0.5) is 0 Å². The summed E-state index contributed by atoms with van der Waals surface area (Å²) in [7, 11) is 0. The summed E-state index contributed by atoms with van der Waals surface area (Å²) in [6.07, 6.45) is 5.80. The maximum Gasteiger partial charge on any atom is 0.271 e. The highest BCUT2D eigenvalue weighted by Gasteiger charge is 2.13. The molecule has 6 nitrogen and oxygen atoms in total. The van der Waals surface area contributed by atoms with Crippen molar-refractivity contribution in [1.82, 2.24) is 19.3 Å². The molecule has 4 aromatic rings. The minimum atomic E-state index is -0.379. The van der Waals surface area contributed by atoms with E-state index in [9.17, 15) is 9.59 Å². The predicted molar refractivity (Wildman–Crippen MR) is 98.2 cm³/mol. The van der Waals surface area contributed by atoms with E-state index in [0.29, 0.717) is 11.5 Å². The van der Waals surface area contributed by atoms with Crippen LogP contribution in [0.25, 0.3) is 15.9 Å². The number of benzene rings is 1. The zero-order valence-electron chi connectivity index (χ0n) is 13.4. The summed E-state index contributed by atoms with van der Waals surface area (Å²) in [5, 5.41) is 5.78. The summed E-state index contributed by atoms with van der Waals surface area (Å²) in [5.74, 6) is -0.379. The second-order valence-electron chi connectivity index (χ2n) is 5.71. The Bertz CT molecular complexity index is 1110. The van der Waals surface area contributed by atoms with E-state index in [1.165, 1.54) is 32.8 Å². The van der Waals surface area contributed by atoms with Gasteiger partial charge in [0, 0.05) is 42.6 Å². The molecule has 0 aliphatic rings. The molecular formula is C18H16N4O2S. The molecule has 0 radical (unpaired) electrons. The Labute approximate surface area is 147 Å². The fourth-order valence-electron chi connectivity index (χ4n) is 2.86. The number of nitrogens with zero attached hydrogens (tertiary/aromatic N) is 3. The molecular weight excluding hydrogens is 336 g/mol. The average molecular weight is 352 g/mol. The first-order valence-corrected chi connectivity index (χ1v) is 8.89. The Balaban J connectivity index is 1.38. The Morgan fingerprint density at radius 1 is 1.20 bits per heavy atom. The zero-order chi connectivity index (χ0) is 17.2. The van der Waals surface area contributed by atoms with E-state index in [2.05, 4.69) is 33.1 Å². The van der Waals surface area contributed by atoms with Crippen LogP contribution < -0.4 is 10.9 Å². The van der Waals surface area contributed by atoms with Crippen LogP contribution in [-0.4, -0.2) is 26.4 Å². The van der Waals surface area contributed by atoms with Crippen molar-refractivity contribution in [3.8, 4) is 0 Å². The summed E-state index contributed by atoms with van der Waals surface area (Å²) in [4.78, 5) is 29.2. The highest BCUT2D eigenvalue weighted by molar-refractivity contribution is 7.15. The molecule has 3 heterocycles. The lowest BCUT2D eigenvalue weighted by atomic mass is 10.2. The molecule has 1 amide bonds. The first-order valence-electron chi connectivity index (χ1n) is 8.01. The van der Waals surface area contributed by atoms with Crippen molar-refractivity contribution in [2.45, 2.75) is 13.0 Å². The normalized spacial score (nSPS) is 11.2. The maximum absolute atomic E-state index is 12.3. The van der Waals surface area contributed by atoms with Gasteiger partial charge in [-0.1, -0.05) is 18.2 Å². The molecule has 0 aliphatic carbocycles. The van der Waals surface area contributed by atoms with Gasteiger partial charge in [-0.3, -0.25) is 14.0 Å². The minimum Gasteiger partial charge on any atom is -0.352 e. The van der Waals surface area contributed by atoms with Crippen molar-refractivity contribution in [3.63, 3.8) is 0 Å². The Morgan fingerprint density at radius 2 is 2.08 bits per heavy atom. The standard InChI is InChI=1S/C18H16N4O2S/c23-16(14-12-20-18-22(17(14)24)10-11-25-18)19-7-3-8-21-9-6-13-4-1-2-5-15(13)21/h1-2,4-6,9-12H,3,7-8H2,(H,19,23). The molecule has 0 saturated carbocycles. The molecule has 0 saturated heterocycles. The van der Waals surface area contributed by atoms with E-state index in [-0.39, 0.29) is 17.0 Å². The van der Waals surface area contributed by atoms with E-state index < -0.39 is 0 Å². The van der Waals surface area contributed by atoms with Crippen LogP contribution in [0.1, 0.15) is 16.8 Å². The Morgan fingerprint density at radius 3 is 3.00 bits per heavy atom. The Hall–Kier alpha value is -2.93. The summed E-state index contributed by atoms with van der Waals surface area (Å²) < 4.78 is 3.56. The van der Waals surface area contributed by atoms with Crippen LogP contribution in [0, 0.1) is 0 Å². The van der Waals surface area contributed by atoms with Gasteiger partial charge in [0.15, 0.2) is 4.96 Å². The largest absolute Gasteiger partial charge is 0.352 e. The molecule has 25 heavy (non-hydrogen) atoms. The molecule has 0 aliphatic heterocycles. The fourth-order valence-corrected chi connectivity index (χ4v) is 3.54. The number of para-hydroxylation sites is 1. The topological polar surface area (TPSA) is 68.4 Å². The number of hydrogen-bond donors (Lipinski definition) is 1. The van der Waals surface area contributed by atoms with E-state index in [1.807, 2.05) is 18.3 Å². The number of nitrogens with one attached hydrogen (secondary N) is 1. The quantitative estimate of drug-likeness (QED) is 0.561. The van der Waals surface area contributed by atoms with Gasteiger partial charge in [-0.15, -0.1) is 11.3 Å². The van der Waals surface area contributed by atoms with Crippen LogP contribution in [0.3, 0.4) is 0 Å². The van der Waals surface area contributed by atoms with Gasteiger partial charge < -0.3 is 9.88 Å². The SMILES string of the molecule is O=C(NCCCn1ccc2ccccc21)c1cnc2sccn2c1=O. The van der Waals surface area contributed by atoms with Crippen molar-refractivity contribution in [3.05, 3.63) is 70.2 Å². The first-order chi connectivity index (χ1) is 12.2. The molecule has 0 fully saturated rings. The first kappa shape index (κ1) is 15.6. The van der Waals surface area contributed by atoms with Crippen LogP contribution in [0.5, 0.6) is 0 Å². The fraction of sp³-hybridized carbons (Fsp3) is 0.167. The maximum atomic E-state index is 12.3. The predicted octanol–water partition coefficient (Wildman–Crippen LogP) is 2.53. The number of carbonyl (C=O) groups is 1. The third-order valence-electron chi connectivity index (χ3n) is 4.13. The smallest absolute Gasteiger partial charge is 0.271 e. The molecule has 1 N–H and O–H groups in total. The number of fused-ring (bicyclic) bond motifs is 2. The van der Waals surface area contributed by atoms with Crippen LogP contribution in [-0.2, 0) is 6.54 Å². The van der Waals surface area contributed by atoms with Crippen molar-refractivity contribution < 1.29 is 4.79 Å². The van der Waals surface area contributed by atoms with E-state index in [0.717, 1.165) is 13.0 Å². The second kappa shape index (κ2) is 6.52. The number of amides is 1. The number of thiazole rings is 1. The third kappa shape index (κ3) is 2.94. The highest BCUT2D eigenvalue weighted by Crippen LogP contribution is 2.15. The van der Waals surface area contributed by atoms with Crippen LogP contribution in [0.15, 0.2) is 59.1 Å². The molecule has 4 rings (SSSR count). The van der Waals surface area contributed by atoms with Crippen LogP contribution >= 0.6 is 11.3 Å². The lowest BCUT2D eigenvalue weighted by Crippen LogP contribution is -2.32. The van der Waals surface area contributed by atoms with Gasteiger partial charge in [0.05, 0.1) is 0 Å². The van der Waals surface area contributed by atoms with Crippen molar-refractivity contribution in [2.75, 3.05) is 6.54 Å². The number of hydrogen-bond acceptors (Lipinski definition) is 4. The van der Waals surface area contributed by atoms with Crippen LogP contribution in [0.2, 0.25) is 0 Å². The molecule has 0 spiro atoms. The summed E-state index contributed by atoms with van der Waals surface area (Å²) in [6.45, 7) is 1.30. The summed E-state index contributed by atoms with van der Waals surface area (Å²) >= 11 is 1.36. The minimum absolute atomic E-state index is 0.0716. The van der Waals surface area contributed by atoms with E-state index in [1.54, 1.807) is 11.6 Å². The van der Waals surface area contributed by atoms with Gasteiger partial charge in [0.25, 0.3) is 11.5 Å². The average Bonchev–Trinajstić information content (AvgIpc) is 3.26.